The zero-order valence-corrected chi connectivity index (χ0v) is 12.0. The molecular weight excluding hydrogens is 250 g/mol. The fourth-order valence-corrected chi connectivity index (χ4v) is 3.66. The first-order valence-electron chi connectivity index (χ1n) is 6.00. The maximum Gasteiger partial charge on any atom is 0.154 e. The predicted molar refractivity (Wildman–Crippen MR) is 74.4 cm³/mol. The Kier molecular flexibility index (Phi) is 5.02. The summed E-state index contributed by atoms with van der Waals surface area (Å²) in [6.07, 6.45) is 0.859. The van der Waals surface area contributed by atoms with Crippen LogP contribution in [-0.4, -0.2) is 21.3 Å². The minimum Gasteiger partial charge on any atom is -0.496 e. The zero-order valence-electron chi connectivity index (χ0n) is 11.1. The summed E-state index contributed by atoms with van der Waals surface area (Å²) in [6, 6.07) is 5.05. The monoisotopic (exact) mass is 271 g/mol. The van der Waals surface area contributed by atoms with Crippen LogP contribution in [0.2, 0.25) is 0 Å². The first-order chi connectivity index (χ1) is 8.38. The van der Waals surface area contributed by atoms with Gasteiger partial charge in [0, 0.05) is 17.3 Å². The third-order valence-electron chi connectivity index (χ3n) is 2.92. The van der Waals surface area contributed by atoms with Crippen LogP contribution in [-0.2, 0) is 15.6 Å². The van der Waals surface area contributed by atoms with Gasteiger partial charge in [-0.2, -0.15) is 0 Å². The molecule has 0 heterocycles. The van der Waals surface area contributed by atoms with Crippen molar-refractivity contribution < 1.29 is 13.2 Å². The molecule has 0 radical (unpaired) electrons. The number of nitrogen functional groups attached to an aromatic ring is 1. The van der Waals surface area contributed by atoms with Gasteiger partial charge in [-0.3, -0.25) is 0 Å². The predicted octanol–water partition coefficient (Wildman–Crippen LogP) is 2.24. The second-order valence-electron chi connectivity index (χ2n) is 4.64. The Hall–Kier alpha value is -1.23. The molecule has 1 unspecified atom stereocenters. The van der Waals surface area contributed by atoms with Crippen LogP contribution in [0.4, 0.5) is 5.69 Å². The van der Waals surface area contributed by atoms with E-state index in [1.54, 1.807) is 18.2 Å². The second-order valence-corrected chi connectivity index (χ2v) is 6.75. The molecule has 2 N–H and O–H groups in total. The highest BCUT2D eigenvalue weighted by Crippen LogP contribution is 2.24. The van der Waals surface area contributed by atoms with Gasteiger partial charge in [-0.25, -0.2) is 8.42 Å². The van der Waals surface area contributed by atoms with Gasteiger partial charge < -0.3 is 10.5 Å². The molecule has 0 aliphatic carbocycles. The Morgan fingerprint density at radius 2 is 2.06 bits per heavy atom. The largest absolute Gasteiger partial charge is 0.496 e. The number of anilines is 1. The summed E-state index contributed by atoms with van der Waals surface area (Å²) in [7, 11) is -1.60. The molecule has 0 aliphatic heterocycles. The van der Waals surface area contributed by atoms with Crippen molar-refractivity contribution in [1.29, 1.82) is 0 Å². The Morgan fingerprint density at radius 1 is 1.39 bits per heavy atom. The van der Waals surface area contributed by atoms with Crippen molar-refractivity contribution in [2.75, 3.05) is 18.6 Å². The molecule has 1 aromatic carbocycles. The average Bonchev–Trinajstić information content (AvgIpc) is 2.30. The summed E-state index contributed by atoms with van der Waals surface area (Å²) in [5.41, 5.74) is 6.87. The zero-order chi connectivity index (χ0) is 13.8. The van der Waals surface area contributed by atoms with Crippen molar-refractivity contribution >= 4 is 15.5 Å². The van der Waals surface area contributed by atoms with E-state index in [0.29, 0.717) is 17.0 Å². The molecule has 1 rings (SSSR count). The molecule has 18 heavy (non-hydrogen) atoms. The first kappa shape index (κ1) is 14.8. The number of benzene rings is 1. The number of hydrogen-bond donors (Lipinski definition) is 1. The van der Waals surface area contributed by atoms with Crippen molar-refractivity contribution in [3.8, 4) is 5.75 Å². The van der Waals surface area contributed by atoms with Crippen LogP contribution in [0.3, 0.4) is 0 Å². The van der Waals surface area contributed by atoms with Gasteiger partial charge in [0.25, 0.3) is 0 Å². The van der Waals surface area contributed by atoms with E-state index >= 15 is 0 Å². The molecule has 0 amide bonds. The molecule has 0 saturated heterocycles. The quantitative estimate of drug-likeness (QED) is 0.806. The van der Waals surface area contributed by atoms with Gasteiger partial charge in [-0.1, -0.05) is 26.3 Å². The lowest BCUT2D eigenvalue weighted by atomic mass is 10.2. The SMILES string of the molecule is CCC(C)CS(=O)(=O)Cc1ccc(N)cc1OC. The smallest absolute Gasteiger partial charge is 0.154 e. The van der Waals surface area contributed by atoms with Crippen LogP contribution >= 0.6 is 0 Å². The molecule has 4 nitrogen and oxygen atoms in total. The van der Waals surface area contributed by atoms with Crippen LogP contribution in [0.1, 0.15) is 25.8 Å². The first-order valence-corrected chi connectivity index (χ1v) is 7.83. The second kappa shape index (κ2) is 6.09. The van der Waals surface area contributed by atoms with Crippen molar-refractivity contribution in [2.24, 2.45) is 5.92 Å². The number of nitrogens with two attached hydrogens (primary N) is 1. The van der Waals surface area contributed by atoms with Gasteiger partial charge >= 0.3 is 0 Å². The Balaban J connectivity index is 2.90. The molecule has 0 spiro atoms. The highest BCUT2D eigenvalue weighted by molar-refractivity contribution is 7.90. The number of rotatable bonds is 6. The Bertz CT molecular complexity index is 497. The summed E-state index contributed by atoms with van der Waals surface area (Å²) in [6.45, 7) is 3.93. The van der Waals surface area contributed by atoms with Gasteiger partial charge in [0.1, 0.15) is 5.75 Å². The highest BCUT2D eigenvalue weighted by atomic mass is 32.2. The number of methoxy groups -OCH3 is 1. The number of sulfone groups is 1. The van der Waals surface area contributed by atoms with Gasteiger partial charge in [0.05, 0.1) is 18.6 Å². The van der Waals surface area contributed by atoms with E-state index in [1.165, 1.54) is 7.11 Å². The van der Waals surface area contributed by atoms with Gasteiger partial charge in [0.15, 0.2) is 9.84 Å². The fourth-order valence-electron chi connectivity index (χ4n) is 1.73. The van der Waals surface area contributed by atoms with Crippen LogP contribution in [0.5, 0.6) is 5.75 Å². The molecular formula is C13H21NO3S. The molecule has 0 aromatic heterocycles. The molecule has 1 atom stereocenters. The van der Waals surface area contributed by atoms with E-state index in [1.807, 2.05) is 13.8 Å². The van der Waals surface area contributed by atoms with Gasteiger partial charge in [-0.15, -0.1) is 0 Å². The van der Waals surface area contributed by atoms with Crippen LogP contribution in [0.15, 0.2) is 18.2 Å². The van der Waals surface area contributed by atoms with Crippen molar-refractivity contribution in [3.05, 3.63) is 23.8 Å². The molecule has 0 bridgehead atoms. The summed E-state index contributed by atoms with van der Waals surface area (Å²) in [5.74, 6) is 0.912. The summed E-state index contributed by atoms with van der Waals surface area (Å²) >= 11 is 0. The number of ether oxygens (including phenoxy) is 1. The fraction of sp³-hybridized carbons (Fsp3) is 0.538. The molecule has 0 aliphatic rings. The molecule has 0 saturated carbocycles. The standard InChI is InChI=1S/C13H21NO3S/c1-4-10(2)8-18(15,16)9-11-5-6-12(14)7-13(11)17-3/h5-7,10H,4,8-9,14H2,1-3H3. The lowest BCUT2D eigenvalue weighted by Crippen LogP contribution is -2.15. The molecule has 1 aromatic rings. The highest BCUT2D eigenvalue weighted by Gasteiger charge is 2.18. The molecule has 0 fully saturated rings. The summed E-state index contributed by atoms with van der Waals surface area (Å²) in [5, 5.41) is 0. The Labute approximate surface area is 109 Å². The van der Waals surface area contributed by atoms with E-state index in [-0.39, 0.29) is 17.4 Å². The van der Waals surface area contributed by atoms with Crippen molar-refractivity contribution in [2.45, 2.75) is 26.0 Å². The van der Waals surface area contributed by atoms with E-state index in [4.69, 9.17) is 10.5 Å². The minimum absolute atomic E-state index is 0.000787. The maximum atomic E-state index is 12.0. The third-order valence-corrected chi connectivity index (χ3v) is 4.75. The van der Waals surface area contributed by atoms with E-state index in [0.717, 1.165) is 6.42 Å². The summed E-state index contributed by atoms with van der Waals surface area (Å²) < 4.78 is 29.2. The third kappa shape index (κ3) is 4.22. The minimum atomic E-state index is -3.11. The average molecular weight is 271 g/mol. The van der Waals surface area contributed by atoms with E-state index < -0.39 is 9.84 Å². The van der Waals surface area contributed by atoms with Gasteiger partial charge in [0.2, 0.25) is 0 Å². The van der Waals surface area contributed by atoms with Crippen LogP contribution < -0.4 is 10.5 Å². The number of hydrogen-bond acceptors (Lipinski definition) is 4. The maximum absolute atomic E-state index is 12.0. The lowest BCUT2D eigenvalue weighted by molar-refractivity contribution is 0.411. The van der Waals surface area contributed by atoms with E-state index in [9.17, 15) is 8.42 Å². The molecule has 5 heteroatoms. The van der Waals surface area contributed by atoms with E-state index in [2.05, 4.69) is 0 Å². The normalized spacial score (nSPS) is 13.3. The Morgan fingerprint density at radius 3 is 2.61 bits per heavy atom. The van der Waals surface area contributed by atoms with Gasteiger partial charge in [-0.05, 0) is 12.0 Å². The van der Waals surface area contributed by atoms with Crippen LogP contribution in [0.25, 0.3) is 0 Å². The topological polar surface area (TPSA) is 69.4 Å². The molecule has 102 valence electrons. The van der Waals surface area contributed by atoms with Crippen molar-refractivity contribution in [1.82, 2.24) is 0 Å². The lowest BCUT2D eigenvalue weighted by Gasteiger charge is -2.12. The van der Waals surface area contributed by atoms with Crippen LogP contribution in [0, 0.1) is 5.92 Å². The summed E-state index contributed by atoms with van der Waals surface area (Å²) in [4.78, 5) is 0. The van der Waals surface area contributed by atoms with Crippen molar-refractivity contribution in [3.63, 3.8) is 0 Å².